The van der Waals surface area contributed by atoms with Crippen molar-refractivity contribution in [3.63, 3.8) is 0 Å². The number of H-pyrrole nitrogens is 1. The maximum Gasteiger partial charge on any atom is 0.191 e. The molecule has 0 aromatic carbocycles. The van der Waals surface area contributed by atoms with E-state index in [1.54, 1.807) is 0 Å². The van der Waals surface area contributed by atoms with Gasteiger partial charge in [0, 0.05) is 37.9 Å². The Labute approximate surface area is 183 Å². The normalized spacial score (nSPS) is 15.5. The van der Waals surface area contributed by atoms with Gasteiger partial charge in [0.25, 0.3) is 0 Å². The third-order valence-electron chi connectivity index (χ3n) is 4.81. The molecule has 0 unspecified atom stereocenters. The van der Waals surface area contributed by atoms with Crippen LogP contribution in [0.3, 0.4) is 0 Å². The smallest absolute Gasteiger partial charge is 0.191 e. The number of hydrogen-bond donors (Lipinski definition) is 3. The number of nitrogens with zero attached hydrogens (tertiary/aromatic N) is 3. The first-order valence-corrected chi connectivity index (χ1v) is 10.5. The molecular formula is C19H31IN6S. The second-order valence-corrected chi connectivity index (χ2v) is 7.67. The van der Waals surface area contributed by atoms with E-state index < -0.39 is 0 Å². The van der Waals surface area contributed by atoms with Crippen molar-refractivity contribution >= 4 is 46.3 Å². The summed E-state index contributed by atoms with van der Waals surface area (Å²) in [5, 5.41) is 17.6. The Balaban J connectivity index is 0.00000261. The molecule has 0 saturated carbocycles. The zero-order valence-corrected chi connectivity index (χ0v) is 19.3. The summed E-state index contributed by atoms with van der Waals surface area (Å²) in [6.07, 6.45) is 6.27. The van der Waals surface area contributed by atoms with Crippen molar-refractivity contribution in [3.8, 4) is 0 Å². The van der Waals surface area contributed by atoms with Gasteiger partial charge in [-0.3, -0.25) is 10.1 Å². The number of nitrogens with one attached hydrogen (secondary N) is 3. The first-order chi connectivity index (χ1) is 12.8. The fraction of sp³-hybridized carbons (Fsp3) is 0.579. The summed E-state index contributed by atoms with van der Waals surface area (Å²) in [5.74, 6) is 0.950. The third-order valence-corrected chi connectivity index (χ3v) is 5.74. The highest BCUT2D eigenvalue weighted by molar-refractivity contribution is 14.0. The molecule has 1 saturated heterocycles. The van der Waals surface area contributed by atoms with Crippen LogP contribution in [0.2, 0.25) is 0 Å². The molecule has 3 rings (SSSR count). The molecule has 1 aliphatic rings. The van der Waals surface area contributed by atoms with Crippen LogP contribution in [0.4, 0.5) is 5.00 Å². The van der Waals surface area contributed by atoms with Crippen molar-refractivity contribution in [2.24, 2.45) is 4.99 Å². The summed E-state index contributed by atoms with van der Waals surface area (Å²) in [5.41, 5.74) is 2.45. The summed E-state index contributed by atoms with van der Waals surface area (Å²) in [7, 11) is 0. The number of aromatic nitrogens is 2. The first kappa shape index (κ1) is 22.0. The van der Waals surface area contributed by atoms with Crippen molar-refractivity contribution in [3.05, 3.63) is 35.0 Å². The van der Waals surface area contributed by atoms with Crippen LogP contribution < -0.4 is 15.5 Å². The predicted octanol–water partition coefficient (Wildman–Crippen LogP) is 3.55. The van der Waals surface area contributed by atoms with Crippen LogP contribution in [-0.2, 0) is 6.42 Å². The minimum atomic E-state index is 0. The van der Waals surface area contributed by atoms with Gasteiger partial charge in [-0.2, -0.15) is 5.10 Å². The molecule has 0 atom stereocenters. The number of anilines is 1. The van der Waals surface area contributed by atoms with Crippen LogP contribution >= 0.6 is 35.3 Å². The molecule has 6 nitrogen and oxygen atoms in total. The number of aryl methyl sites for hydroxylation is 2. The van der Waals surface area contributed by atoms with E-state index in [1.165, 1.54) is 10.6 Å². The van der Waals surface area contributed by atoms with Gasteiger partial charge < -0.3 is 15.5 Å². The highest BCUT2D eigenvalue weighted by atomic mass is 127. The molecule has 3 heterocycles. The monoisotopic (exact) mass is 502 g/mol. The molecule has 1 aliphatic heterocycles. The molecule has 1 fully saturated rings. The summed E-state index contributed by atoms with van der Waals surface area (Å²) in [6, 6.07) is 4.84. The van der Waals surface area contributed by atoms with Crippen LogP contribution in [0.5, 0.6) is 0 Å². The quantitative estimate of drug-likeness (QED) is 0.235. The van der Waals surface area contributed by atoms with E-state index in [0.29, 0.717) is 6.04 Å². The molecular weight excluding hydrogens is 471 g/mol. The van der Waals surface area contributed by atoms with E-state index in [1.807, 2.05) is 17.5 Å². The standard InChI is InChI=1S/C19H30N6S.HI/c1-3-20-19(21-10-4-6-16-14-22-24-15(16)2)23-17-8-11-25(12-9-17)18-7-5-13-26-18;/h5,7,13-14,17H,3-4,6,8-12H2,1-2H3,(H,22,24)(H2,20,21,23);1H. The van der Waals surface area contributed by atoms with Gasteiger partial charge in [-0.15, -0.1) is 35.3 Å². The van der Waals surface area contributed by atoms with E-state index in [2.05, 4.69) is 57.1 Å². The van der Waals surface area contributed by atoms with Gasteiger partial charge in [0.1, 0.15) is 0 Å². The molecule has 2 aromatic rings. The van der Waals surface area contributed by atoms with Crippen molar-refractivity contribution in [2.45, 2.75) is 45.6 Å². The van der Waals surface area contributed by atoms with Gasteiger partial charge in [0.2, 0.25) is 0 Å². The molecule has 3 N–H and O–H groups in total. The van der Waals surface area contributed by atoms with Crippen molar-refractivity contribution in [1.29, 1.82) is 0 Å². The van der Waals surface area contributed by atoms with Gasteiger partial charge in [-0.05, 0) is 62.6 Å². The molecule has 2 aromatic heterocycles. The van der Waals surface area contributed by atoms with E-state index in [4.69, 9.17) is 4.99 Å². The maximum absolute atomic E-state index is 4.76. The van der Waals surface area contributed by atoms with Gasteiger partial charge in [-0.1, -0.05) is 0 Å². The number of piperidine rings is 1. The number of halogens is 1. The zero-order chi connectivity index (χ0) is 18.2. The van der Waals surface area contributed by atoms with Crippen LogP contribution in [0, 0.1) is 6.92 Å². The topological polar surface area (TPSA) is 68.3 Å². The molecule has 0 amide bonds. The summed E-state index contributed by atoms with van der Waals surface area (Å²) < 4.78 is 0. The molecule has 0 bridgehead atoms. The summed E-state index contributed by atoms with van der Waals surface area (Å²) in [4.78, 5) is 7.24. The highest BCUT2D eigenvalue weighted by Gasteiger charge is 2.20. The lowest BCUT2D eigenvalue weighted by molar-refractivity contribution is 0.463. The SMILES string of the molecule is CCNC(=NCCCc1cn[nH]c1C)NC1CCN(c2cccs2)CC1.I. The van der Waals surface area contributed by atoms with Crippen LogP contribution in [0.25, 0.3) is 0 Å². The second kappa shape index (κ2) is 11.5. The van der Waals surface area contributed by atoms with E-state index in [-0.39, 0.29) is 24.0 Å². The zero-order valence-electron chi connectivity index (χ0n) is 16.2. The summed E-state index contributed by atoms with van der Waals surface area (Å²) in [6.45, 7) is 8.12. The molecule has 8 heteroatoms. The predicted molar refractivity (Wildman–Crippen MR) is 126 cm³/mol. The molecule has 0 aliphatic carbocycles. The van der Waals surface area contributed by atoms with Crippen LogP contribution in [0.15, 0.2) is 28.7 Å². The summed E-state index contributed by atoms with van der Waals surface area (Å²) >= 11 is 1.83. The Bertz CT molecular complexity index is 676. The van der Waals surface area contributed by atoms with Crippen molar-refractivity contribution in [2.75, 3.05) is 31.1 Å². The van der Waals surface area contributed by atoms with Crippen LogP contribution in [0.1, 0.15) is 37.4 Å². The second-order valence-electron chi connectivity index (χ2n) is 6.74. The molecule has 0 radical (unpaired) electrons. The van der Waals surface area contributed by atoms with Crippen molar-refractivity contribution < 1.29 is 0 Å². The van der Waals surface area contributed by atoms with E-state index in [0.717, 1.165) is 63.5 Å². The minimum absolute atomic E-state index is 0. The lowest BCUT2D eigenvalue weighted by Gasteiger charge is -2.33. The van der Waals surface area contributed by atoms with Crippen molar-refractivity contribution in [1.82, 2.24) is 20.8 Å². The van der Waals surface area contributed by atoms with Gasteiger partial charge in [0.05, 0.1) is 11.2 Å². The number of rotatable bonds is 7. The Kier molecular flexibility index (Phi) is 9.40. The largest absolute Gasteiger partial charge is 0.363 e. The Morgan fingerprint density at radius 2 is 2.22 bits per heavy atom. The van der Waals surface area contributed by atoms with Gasteiger partial charge >= 0.3 is 0 Å². The number of guanidine groups is 1. The van der Waals surface area contributed by atoms with Gasteiger partial charge in [0.15, 0.2) is 5.96 Å². The average molecular weight is 502 g/mol. The van der Waals surface area contributed by atoms with Crippen LogP contribution in [-0.4, -0.2) is 48.4 Å². The molecule has 150 valence electrons. The Morgan fingerprint density at radius 1 is 1.41 bits per heavy atom. The van der Waals surface area contributed by atoms with Gasteiger partial charge in [-0.25, -0.2) is 0 Å². The highest BCUT2D eigenvalue weighted by Crippen LogP contribution is 2.24. The van der Waals surface area contributed by atoms with E-state index >= 15 is 0 Å². The van der Waals surface area contributed by atoms with E-state index in [9.17, 15) is 0 Å². The third kappa shape index (κ3) is 6.67. The fourth-order valence-electron chi connectivity index (χ4n) is 3.30. The lowest BCUT2D eigenvalue weighted by atomic mass is 10.1. The number of thiophene rings is 1. The number of aromatic amines is 1. The number of aliphatic imine (C=N–C) groups is 1. The Morgan fingerprint density at radius 3 is 2.85 bits per heavy atom. The average Bonchev–Trinajstić information content (AvgIpc) is 3.32. The first-order valence-electron chi connectivity index (χ1n) is 9.58. The Hall–Kier alpha value is -1.29. The lowest BCUT2D eigenvalue weighted by Crippen LogP contribution is -2.48. The molecule has 27 heavy (non-hydrogen) atoms. The number of hydrogen-bond acceptors (Lipinski definition) is 4. The molecule has 0 spiro atoms. The fourth-order valence-corrected chi connectivity index (χ4v) is 4.08. The minimum Gasteiger partial charge on any atom is -0.363 e. The maximum atomic E-state index is 4.76.